The molecule has 12 heteroatoms. The minimum absolute atomic E-state index is 0.00611. The Hall–Kier alpha value is -3.37. The standard InChI is InChI=1S/C21H9Cl2F5N2O3/c22-8-1-3-12(10(23)5-8)32-7-14(31)29-9-2-4-13-11(6-9)30-21(33-13)15-16(24)18(26)20(28)19(27)17(15)25/h1-6H,7H2,(H,29,31). The van der Waals surface area contributed by atoms with Gasteiger partial charge in [-0.25, -0.2) is 26.9 Å². The molecule has 0 aliphatic rings. The predicted octanol–water partition coefficient (Wildman–Crippen LogP) is 6.51. The van der Waals surface area contributed by atoms with Gasteiger partial charge in [0.25, 0.3) is 5.91 Å². The smallest absolute Gasteiger partial charge is 0.262 e. The van der Waals surface area contributed by atoms with Gasteiger partial charge in [0.1, 0.15) is 16.8 Å². The van der Waals surface area contributed by atoms with E-state index in [1.807, 2.05) is 0 Å². The Morgan fingerprint density at radius 3 is 2.27 bits per heavy atom. The maximum absolute atomic E-state index is 14.0. The molecule has 0 radical (unpaired) electrons. The van der Waals surface area contributed by atoms with Crippen LogP contribution in [0, 0.1) is 29.1 Å². The average Bonchev–Trinajstić information content (AvgIpc) is 3.18. The number of fused-ring (bicyclic) bond motifs is 1. The number of ether oxygens (including phenoxy) is 1. The Bertz CT molecular complexity index is 1380. The first-order valence-corrected chi connectivity index (χ1v) is 9.71. The van der Waals surface area contributed by atoms with Gasteiger partial charge in [0.2, 0.25) is 11.7 Å². The van der Waals surface area contributed by atoms with E-state index < -0.39 is 53.1 Å². The lowest BCUT2D eigenvalue weighted by atomic mass is 10.1. The Morgan fingerprint density at radius 2 is 1.61 bits per heavy atom. The Kier molecular flexibility index (Phi) is 6.13. The zero-order valence-corrected chi connectivity index (χ0v) is 17.5. The average molecular weight is 503 g/mol. The van der Waals surface area contributed by atoms with Crippen molar-refractivity contribution in [3.8, 4) is 17.2 Å². The lowest BCUT2D eigenvalue weighted by molar-refractivity contribution is -0.118. The van der Waals surface area contributed by atoms with Crippen LogP contribution in [0.5, 0.6) is 5.75 Å². The fraction of sp³-hybridized carbons (Fsp3) is 0.0476. The zero-order valence-electron chi connectivity index (χ0n) is 16.0. The van der Waals surface area contributed by atoms with Crippen molar-refractivity contribution in [2.75, 3.05) is 11.9 Å². The van der Waals surface area contributed by atoms with Crippen LogP contribution < -0.4 is 10.1 Å². The summed E-state index contributed by atoms with van der Waals surface area (Å²) in [5.41, 5.74) is -1.12. The molecule has 1 heterocycles. The molecule has 0 bridgehead atoms. The summed E-state index contributed by atoms with van der Waals surface area (Å²) in [5.74, 6) is -11.9. The highest BCUT2D eigenvalue weighted by atomic mass is 35.5. The molecule has 0 saturated heterocycles. The number of carbonyl (C=O) groups excluding carboxylic acids is 1. The van der Waals surface area contributed by atoms with Crippen LogP contribution >= 0.6 is 23.2 Å². The molecule has 4 aromatic rings. The molecular weight excluding hydrogens is 494 g/mol. The molecular formula is C21H9Cl2F5N2O3. The number of nitrogens with zero attached hydrogens (tertiary/aromatic N) is 1. The largest absolute Gasteiger partial charge is 0.482 e. The van der Waals surface area contributed by atoms with Crippen molar-refractivity contribution in [3.63, 3.8) is 0 Å². The molecule has 0 fully saturated rings. The second-order valence-corrected chi connectivity index (χ2v) is 7.40. The summed E-state index contributed by atoms with van der Waals surface area (Å²) >= 11 is 11.7. The van der Waals surface area contributed by atoms with E-state index in [2.05, 4.69) is 10.3 Å². The van der Waals surface area contributed by atoms with Crippen LogP contribution in [-0.4, -0.2) is 17.5 Å². The van der Waals surface area contributed by atoms with Gasteiger partial charge < -0.3 is 14.5 Å². The predicted molar refractivity (Wildman–Crippen MR) is 110 cm³/mol. The van der Waals surface area contributed by atoms with Gasteiger partial charge in [-0.05, 0) is 36.4 Å². The molecule has 0 aliphatic heterocycles. The number of amides is 1. The fourth-order valence-corrected chi connectivity index (χ4v) is 3.30. The van der Waals surface area contributed by atoms with E-state index in [4.69, 9.17) is 32.4 Å². The highest BCUT2D eigenvalue weighted by Gasteiger charge is 2.29. The number of carbonyl (C=O) groups is 1. The van der Waals surface area contributed by atoms with Crippen molar-refractivity contribution in [1.82, 2.24) is 4.98 Å². The van der Waals surface area contributed by atoms with Crippen molar-refractivity contribution >= 4 is 45.9 Å². The Morgan fingerprint density at radius 1 is 0.939 bits per heavy atom. The van der Waals surface area contributed by atoms with E-state index in [1.54, 1.807) is 0 Å². The molecule has 0 saturated carbocycles. The van der Waals surface area contributed by atoms with E-state index in [-0.39, 0.29) is 27.6 Å². The van der Waals surface area contributed by atoms with E-state index in [0.29, 0.717) is 5.02 Å². The quantitative estimate of drug-likeness (QED) is 0.192. The van der Waals surface area contributed by atoms with Gasteiger partial charge in [0, 0.05) is 10.7 Å². The molecule has 5 nitrogen and oxygen atoms in total. The molecule has 33 heavy (non-hydrogen) atoms. The van der Waals surface area contributed by atoms with Gasteiger partial charge in [-0.15, -0.1) is 0 Å². The number of hydrogen-bond acceptors (Lipinski definition) is 4. The summed E-state index contributed by atoms with van der Waals surface area (Å²) in [5, 5.41) is 3.10. The normalized spacial score (nSPS) is 11.1. The lowest BCUT2D eigenvalue weighted by Crippen LogP contribution is -2.20. The van der Waals surface area contributed by atoms with Crippen LogP contribution in [0.3, 0.4) is 0 Å². The monoisotopic (exact) mass is 502 g/mol. The molecule has 1 amide bonds. The third-order valence-corrected chi connectivity index (χ3v) is 4.88. The summed E-state index contributed by atoms with van der Waals surface area (Å²) in [7, 11) is 0. The van der Waals surface area contributed by atoms with Crippen LogP contribution in [0.25, 0.3) is 22.6 Å². The zero-order chi connectivity index (χ0) is 23.9. The number of benzene rings is 3. The summed E-state index contributed by atoms with van der Waals surface area (Å²) in [6.45, 7) is -0.409. The second kappa shape index (κ2) is 8.87. The van der Waals surface area contributed by atoms with E-state index in [0.717, 1.165) is 0 Å². The molecule has 0 aliphatic carbocycles. The number of hydrogen-bond donors (Lipinski definition) is 1. The van der Waals surface area contributed by atoms with Crippen LogP contribution in [0.2, 0.25) is 10.0 Å². The SMILES string of the molecule is O=C(COc1ccc(Cl)cc1Cl)Nc1ccc2oc(-c3c(F)c(F)c(F)c(F)c3F)nc2c1. The molecule has 3 aromatic carbocycles. The third kappa shape index (κ3) is 4.44. The minimum Gasteiger partial charge on any atom is -0.482 e. The van der Waals surface area contributed by atoms with Crippen LogP contribution in [-0.2, 0) is 4.79 Å². The number of aromatic nitrogens is 1. The molecule has 1 N–H and O–H groups in total. The molecule has 1 aromatic heterocycles. The van der Waals surface area contributed by atoms with Crippen LogP contribution in [0.4, 0.5) is 27.6 Å². The second-order valence-electron chi connectivity index (χ2n) is 6.56. The topological polar surface area (TPSA) is 64.4 Å². The summed E-state index contributed by atoms with van der Waals surface area (Å²) in [4.78, 5) is 15.9. The molecule has 4 rings (SSSR count). The third-order valence-electron chi connectivity index (χ3n) is 4.35. The molecule has 0 atom stereocenters. The van der Waals surface area contributed by atoms with E-state index >= 15 is 0 Å². The molecule has 170 valence electrons. The van der Waals surface area contributed by atoms with Gasteiger partial charge in [-0.2, -0.15) is 0 Å². The first-order valence-electron chi connectivity index (χ1n) is 8.95. The highest BCUT2D eigenvalue weighted by molar-refractivity contribution is 6.35. The maximum Gasteiger partial charge on any atom is 0.262 e. The van der Waals surface area contributed by atoms with Gasteiger partial charge in [-0.1, -0.05) is 23.2 Å². The minimum atomic E-state index is -2.29. The van der Waals surface area contributed by atoms with Gasteiger partial charge in [-0.3, -0.25) is 4.79 Å². The van der Waals surface area contributed by atoms with Crippen molar-refractivity contribution < 1.29 is 35.9 Å². The highest BCUT2D eigenvalue weighted by Crippen LogP contribution is 2.33. The van der Waals surface area contributed by atoms with Gasteiger partial charge >= 0.3 is 0 Å². The maximum atomic E-state index is 14.0. The Balaban J connectivity index is 1.55. The number of oxazole rings is 1. The molecule has 0 unspecified atom stereocenters. The number of rotatable bonds is 5. The first kappa shape index (κ1) is 22.8. The number of nitrogens with one attached hydrogen (secondary N) is 1. The van der Waals surface area contributed by atoms with Crippen molar-refractivity contribution in [1.29, 1.82) is 0 Å². The summed E-state index contributed by atoms with van der Waals surface area (Å²) < 4.78 is 78.8. The van der Waals surface area contributed by atoms with Gasteiger partial charge in [0.15, 0.2) is 35.5 Å². The van der Waals surface area contributed by atoms with Gasteiger partial charge in [0.05, 0.1) is 5.02 Å². The first-order chi connectivity index (χ1) is 15.7. The fourth-order valence-electron chi connectivity index (χ4n) is 2.84. The van der Waals surface area contributed by atoms with Crippen molar-refractivity contribution in [2.45, 2.75) is 0 Å². The molecule has 0 spiro atoms. The van der Waals surface area contributed by atoms with Crippen molar-refractivity contribution in [2.24, 2.45) is 0 Å². The lowest BCUT2D eigenvalue weighted by Gasteiger charge is -2.09. The number of anilines is 1. The van der Waals surface area contributed by atoms with Crippen LogP contribution in [0.15, 0.2) is 40.8 Å². The van der Waals surface area contributed by atoms with Crippen LogP contribution in [0.1, 0.15) is 0 Å². The Labute approximate surface area is 191 Å². The van der Waals surface area contributed by atoms with E-state index in [9.17, 15) is 26.7 Å². The summed E-state index contributed by atoms with van der Waals surface area (Å²) in [6.07, 6.45) is 0. The summed E-state index contributed by atoms with van der Waals surface area (Å²) in [6, 6.07) is 8.41. The number of halogens is 7. The van der Waals surface area contributed by atoms with E-state index in [1.165, 1.54) is 36.4 Å². The van der Waals surface area contributed by atoms with Crippen molar-refractivity contribution in [3.05, 3.63) is 75.5 Å².